The smallest absolute Gasteiger partial charge is 0.0959 e. The van der Waals surface area contributed by atoms with Crippen molar-refractivity contribution in [2.75, 3.05) is 0 Å². The zero-order valence-electron chi connectivity index (χ0n) is 13.6. The summed E-state index contributed by atoms with van der Waals surface area (Å²) in [6.07, 6.45) is 9.77. The maximum absolute atomic E-state index is 4.63. The second-order valence-electron chi connectivity index (χ2n) is 6.30. The molecule has 4 rings (SSSR count). The average Bonchev–Trinajstić information content (AvgIpc) is 3.04. The average molecular weight is 335 g/mol. The summed E-state index contributed by atoms with van der Waals surface area (Å²) in [4.78, 5) is 10.2. The Hall–Kier alpha value is -2.04. The Morgan fingerprint density at radius 3 is 2.58 bits per heavy atom. The van der Waals surface area contributed by atoms with Crippen LogP contribution in [0.5, 0.6) is 0 Å². The Morgan fingerprint density at radius 2 is 1.88 bits per heavy atom. The van der Waals surface area contributed by atoms with E-state index >= 15 is 0 Å². The van der Waals surface area contributed by atoms with Crippen LogP contribution in [0.15, 0.2) is 61.1 Å². The topological polar surface area (TPSA) is 37.8 Å². The molecule has 1 saturated carbocycles. The Bertz CT molecular complexity index is 726. The van der Waals surface area contributed by atoms with E-state index in [0.717, 1.165) is 6.54 Å². The number of nitrogens with one attached hydrogen (secondary N) is 1. The van der Waals surface area contributed by atoms with Gasteiger partial charge in [-0.3, -0.25) is 4.98 Å². The number of benzene rings is 1. The fourth-order valence-electron chi connectivity index (χ4n) is 3.07. The lowest BCUT2D eigenvalue weighted by atomic mass is 9.86. The van der Waals surface area contributed by atoms with E-state index in [0.29, 0.717) is 5.92 Å². The summed E-state index contributed by atoms with van der Waals surface area (Å²) >= 11 is 1.86. The van der Waals surface area contributed by atoms with E-state index in [9.17, 15) is 0 Å². The van der Waals surface area contributed by atoms with Gasteiger partial charge in [0.2, 0.25) is 0 Å². The first-order chi connectivity index (χ1) is 11.9. The van der Waals surface area contributed by atoms with E-state index in [-0.39, 0.29) is 6.04 Å². The van der Waals surface area contributed by atoms with E-state index in [1.54, 1.807) is 0 Å². The molecule has 4 heteroatoms. The van der Waals surface area contributed by atoms with Crippen molar-refractivity contribution in [2.45, 2.75) is 37.8 Å². The molecule has 1 fully saturated rings. The number of thiazole rings is 1. The predicted molar refractivity (Wildman–Crippen MR) is 98.1 cm³/mol. The van der Waals surface area contributed by atoms with Crippen molar-refractivity contribution in [3.63, 3.8) is 0 Å². The van der Waals surface area contributed by atoms with Crippen LogP contribution in [-0.2, 0) is 6.54 Å². The Kier molecular flexibility index (Phi) is 4.67. The normalized spacial score (nSPS) is 15.8. The van der Waals surface area contributed by atoms with E-state index in [1.165, 1.54) is 40.3 Å². The van der Waals surface area contributed by atoms with Crippen molar-refractivity contribution < 1.29 is 0 Å². The van der Waals surface area contributed by atoms with Crippen LogP contribution in [0, 0.1) is 0 Å². The molecule has 0 amide bonds. The van der Waals surface area contributed by atoms with Crippen LogP contribution >= 0.6 is 11.3 Å². The van der Waals surface area contributed by atoms with Gasteiger partial charge in [-0.1, -0.05) is 42.8 Å². The van der Waals surface area contributed by atoms with Crippen LogP contribution in [0.2, 0.25) is 0 Å². The molecule has 1 aliphatic carbocycles. The van der Waals surface area contributed by atoms with Gasteiger partial charge in [-0.2, -0.15) is 0 Å². The van der Waals surface area contributed by atoms with E-state index < -0.39 is 0 Å². The number of nitrogens with zero attached hydrogens (tertiary/aromatic N) is 2. The molecule has 3 nitrogen and oxygen atoms in total. The minimum absolute atomic E-state index is 0.147. The SMILES string of the molecule is c1ccc(C(NCc2cnc(C3CCC3)s2)c2cccnc2)cc1. The molecule has 2 heterocycles. The van der Waals surface area contributed by atoms with Gasteiger partial charge in [-0.25, -0.2) is 4.98 Å². The van der Waals surface area contributed by atoms with Gasteiger partial charge in [0.05, 0.1) is 11.0 Å². The molecule has 0 spiro atoms. The van der Waals surface area contributed by atoms with Gasteiger partial charge in [0.25, 0.3) is 0 Å². The van der Waals surface area contributed by atoms with Gasteiger partial charge >= 0.3 is 0 Å². The first-order valence-corrected chi connectivity index (χ1v) is 9.34. The van der Waals surface area contributed by atoms with E-state index in [2.05, 4.69) is 51.7 Å². The Labute approximate surface area is 146 Å². The third kappa shape index (κ3) is 3.40. The molecule has 1 N–H and O–H groups in total. The standard InChI is InChI=1S/C20H21N3S/c1-2-6-15(7-3-1)19(17-10-5-11-21-12-17)22-13-18-14-23-20(24-18)16-8-4-9-16/h1-3,5-7,10-12,14,16,19,22H,4,8-9,13H2. The fourth-order valence-corrected chi connectivity index (χ4v) is 4.11. The van der Waals surface area contributed by atoms with E-state index in [1.807, 2.05) is 36.0 Å². The molecular weight excluding hydrogens is 314 g/mol. The summed E-state index contributed by atoms with van der Waals surface area (Å²) in [5.41, 5.74) is 2.45. The number of hydrogen-bond acceptors (Lipinski definition) is 4. The van der Waals surface area contributed by atoms with Crippen molar-refractivity contribution in [1.82, 2.24) is 15.3 Å². The monoisotopic (exact) mass is 335 g/mol. The van der Waals surface area contributed by atoms with Crippen molar-refractivity contribution >= 4 is 11.3 Å². The Balaban J connectivity index is 1.50. The zero-order chi connectivity index (χ0) is 16.2. The lowest BCUT2D eigenvalue weighted by molar-refractivity contribution is 0.418. The molecule has 1 unspecified atom stereocenters. The summed E-state index contributed by atoms with van der Waals surface area (Å²) < 4.78 is 0. The number of hydrogen-bond donors (Lipinski definition) is 1. The maximum Gasteiger partial charge on any atom is 0.0959 e. The molecule has 0 saturated heterocycles. The van der Waals surface area contributed by atoms with Crippen LogP contribution < -0.4 is 5.32 Å². The van der Waals surface area contributed by atoms with Crippen molar-refractivity contribution in [1.29, 1.82) is 0 Å². The molecule has 0 bridgehead atoms. The minimum Gasteiger partial charge on any atom is -0.301 e. The maximum atomic E-state index is 4.63. The quantitative estimate of drug-likeness (QED) is 0.710. The van der Waals surface area contributed by atoms with Gasteiger partial charge in [0.1, 0.15) is 0 Å². The van der Waals surface area contributed by atoms with Gasteiger partial charge in [-0.05, 0) is 30.0 Å². The van der Waals surface area contributed by atoms with Crippen molar-refractivity contribution in [3.8, 4) is 0 Å². The second-order valence-corrected chi connectivity index (χ2v) is 7.45. The highest BCUT2D eigenvalue weighted by Crippen LogP contribution is 2.38. The highest BCUT2D eigenvalue weighted by molar-refractivity contribution is 7.11. The van der Waals surface area contributed by atoms with Crippen LogP contribution in [0.1, 0.15) is 52.2 Å². The fraction of sp³-hybridized carbons (Fsp3) is 0.300. The summed E-state index contributed by atoms with van der Waals surface area (Å²) in [5.74, 6) is 0.715. The highest BCUT2D eigenvalue weighted by Gasteiger charge is 2.22. The molecule has 3 aromatic rings. The lowest BCUT2D eigenvalue weighted by Crippen LogP contribution is -2.21. The molecular formula is C20H21N3S. The summed E-state index contributed by atoms with van der Waals surface area (Å²) in [6.45, 7) is 0.832. The summed E-state index contributed by atoms with van der Waals surface area (Å²) in [7, 11) is 0. The molecule has 1 aliphatic rings. The van der Waals surface area contributed by atoms with Crippen LogP contribution in [-0.4, -0.2) is 9.97 Å². The van der Waals surface area contributed by atoms with Crippen LogP contribution in [0.3, 0.4) is 0 Å². The lowest BCUT2D eigenvalue weighted by Gasteiger charge is -2.22. The molecule has 122 valence electrons. The van der Waals surface area contributed by atoms with Gasteiger partial charge < -0.3 is 5.32 Å². The highest BCUT2D eigenvalue weighted by atomic mass is 32.1. The third-order valence-electron chi connectivity index (χ3n) is 4.66. The molecule has 2 aromatic heterocycles. The van der Waals surface area contributed by atoms with Crippen LogP contribution in [0.4, 0.5) is 0 Å². The summed E-state index contributed by atoms with van der Waals surface area (Å²) in [5, 5.41) is 5.00. The number of rotatable bonds is 6. The minimum atomic E-state index is 0.147. The van der Waals surface area contributed by atoms with Gasteiger partial charge in [0.15, 0.2) is 0 Å². The number of pyridine rings is 1. The van der Waals surface area contributed by atoms with E-state index in [4.69, 9.17) is 0 Å². The zero-order valence-corrected chi connectivity index (χ0v) is 14.4. The third-order valence-corrected chi connectivity index (χ3v) is 5.82. The van der Waals surface area contributed by atoms with Crippen molar-refractivity contribution in [3.05, 3.63) is 82.1 Å². The second kappa shape index (κ2) is 7.24. The Morgan fingerprint density at radius 1 is 1.04 bits per heavy atom. The first kappa shape index (κ1) is 15.5. The largest absolute Gasteiger partial charge is 0.301 e. The van der Waals surface area contributed by atoms with Gasteiger partial charge in [0, 0.05) is 35.9 Å². The van der Waals surface area contributed by atoms with Gasteiger partial charge in [-0.15, -0.1) is 11.3 Å². The molecule has 1 atom stereocenters. The summed E-state index contributed by atoms with van der Waals surface area (Å²) in [6, 6.07) is 14.8. The van der Waals surface area contributed by atoms with Crippen molar-refractivity contribution in [2.24, 2.45) is 0 Å². The predicted octanol–water partition coefficient (Wildman–Crippen LogP) is 4.68. The van der Waals surface area contributed by atoms with Crippen LogP contribution in [0.25, 0.3) is 0 Å². The molecule has 0 radical (unpaired) electrons. The molecule has 1 aromatic carbocycles. The molecule has 0 aliphatic heterocycles. The first-order valence-electron chi connectivity index (χ1n) is 8.53. The number of aromatic nitrogens is 2. The molecule has 24 heavy (non-hydrogen) atoms.